The van der Waals surface area contributed by atoms with Crippen LogP contribution in [0.15, 0.2) is 36.7 Å². The molecule has 1 aliphatic heterocycles. The zero-order chi connectivity index (χ0) is 17.1. The van der Waals surface area contributed by atoms with Gasteiger partial charge in [0.25, 0.3) is 5.91 Å². The lowest BCUT2D eigenvalue weighted by Crippen LogP contribution is -2.52. The summed E-state index contributed by atoms with van der Waals surface area (Å²) in [6.45, 7) is 5.11. The van der Waals surface area contributed by atoms with Gasteiger partial charge in [-0.1, -0.05) is 0 Å². The molecular formula is C18H24N4O2. The lowest BCUT2D eigenvalue weighted by Gasteiger charge is -2.38. The molecule has 6 heteroatoms. The first kappa shape index (κ1) is 16.5. The van der Waals surface area contributed by atoms with Gasteiger partial charge >= 0.3 is 0 Å². The Bertz CT molecular complexity index is 695. The van der Waals surface area contributed by atoms with Crippen LogP contribution in [0, 0.1) is 0 Å². The summed E-state index contributed by atoms with van der Waals surface area (Å²) in [5, 5.41) is 0. The van der Waals surface area contributed by atoms with E-state index in [1.165, 1.54) is 0 Å². The summed E-state index contributed by atoms with van der Waals surface area (Å²) in [6, 6.07) is 7.59. The van der Waals surface area contributed by atoms with Crippen LogP contribution in [0.4, 0.5) is 0 Å². The van der Waals surface area contributed by atoms with Crippen molar-refractivity contribution < 1.29 is 9.53 Å². The van der Waals surface area contributed by atoms with Crippen molar-refractivity contribution >= 4 is 5.91 Å². The summed E-state index contributed by atoms with van der Waals surface area (Å²) in [7, 11) is 4.02. The normalized spacial score (nSPS) is 18.6. The third-order valence-electron chi connectivity index (χ3n) is 4.48. The molecule has 0 radical (unpaired) electrons. The second kappa shape index (κ2) is 7.05. The molecule has 128 valence electrons. The molecule has 1 atom stereocenters. The van der Waals surface area contributed by atoms with Crippen LogP contribution in [-0.4, -0.2) is 58.0 Å². The molecule has 1 saturated heterocycles. The zero-order valence-corrected chi connectivity index (χ0v) is 14.5. The van der Waals surface area contributed by atoms with E-state index in [-0.39, 0.29) is 11.9 Å². The molecule has 1 aromatic heterocycles. The Kier molecular flexibility index (Phi) is 4.85. The third kappa shape index (κ3) is 3.59. The predicted octanol–water partition coefficient (Wildman–Crippen LogP) is 1.78. The maximum absolute atomic E-state index is 12.7. The SMILES string of the molecule is CC1CN(C)CCN1C(=O)c1ccc(OCc2nccn2C)cc1. The van der Waals surface area contributed by atoms with E-state index in [4.69, 9.17) is 4.74 Å². The molecule has 24 heavy (non-hydrogen) atoms. The molecule has 0 bridgehead atoms. The molecule has 2 heterocycles. The fourth-order valence-electron chi connectivity index (χ4n) is 2.98. The van der Waals surface area contributed by atoms with Crippen molar-refractivity contribution in [3.63, 3.8) is 0 Å². The minimum Gasteiger partial charge on any atom is -0.486 e. The number of likely N-dealkylation sites (N-methyl/N-ethyl adjacent to an activating group) is 1. The van der Waals surface area contributed by atoms with Gasteiger partial charge in [-0.15, -0.1) is 0 Å². The molecule has 1 unspecified atom stereocenters. The average molecular weight is 328 g/mol. The first-order valence-corrected chi connectivity index (χ1v) is 8.23. The summed E-state index contributed by atoms with van der Waals surface area (Å²) in [5.41, 5.74) is 0.704. The van der Waals surface area contributed by atoms with Gasteiger partial charge in [-0.05, 0) is 38.2 Å². The maximum atomic E-state index is 12.7. The molecule has 0 spiro atoms. The maximum Gasteiger partial charge on any atom is 0.254 e. The highest BCUT2D eigenvalue weighted by Crippen LogP contribution is 2.17. The Morgan fingerprint density at radius 1 is 1.25 bits per heavy atom. The number of benzene rings is 1. The van der Waals surface area contributed by atoms with Crippen LogP contribution >= 0.6 is 0 Å². The molecular weight excluding hydrogens is 304 g/mol. The number of amides is 1. The molecule has 1 amide bonds. The molecule has 0 aliphatic carbocycles. The van der Waals surface area contributed by atoms with Crippen LogP contribution in [0.1, 0.15) is 23.1 Å². The number of piperazine rings is 1. The van der Waals surface area contributed by atoms with Gasteiger partial charge in [0.15, 0.2) is 0 Å². The first-order valence-electron chi connectivity index (χ1n) is 8.23. The van der Waals surface area contributed by atoms with Crippen molar-refractivity contribution in [3.8, 4) is 5.75 Å². The number of rotatable bonds is 4. The van der Waals surface area contributed by atoms with E-state index in [0.717, 1.165) is 31.2 Å². The average Bonchev–Trinajstić information content (AvgIpc) is 2.98. The molecule has 6 nitrogen and oxygen atoms in total. The number of aryl methyl sites for hydroxylation is 1. The highest BCUT2D eigenvalue weighted by molar-refractivity contribution is 5.94. The van der Waals surface area contributed by atoms with Crippen molar-refractivity contribution in [2.45, 2.75) is 19.6 Å². The topological polar surface area (TPSA) is 50.6 Å². The van der Waals surface area contributed by atoms with E-state index in [1.807, 2.05) is 47.0 Å². The summed E-state index contributed by atoms with van der Waals surface area (Å²) in [4.78, 5) is 21.1. The van der Waals surface area contributed by atoms with Gasteiger partial charge in [-0.3, -0.25) is 4.79 Å². The summed E-state index contributed by atoms with van der Waals surface area (Å²) < 4.78 is 7.65. The number of aromatic nitrogens is 2. The summed E-state index contributed by atoms with van der Waals surface area (Å²) in [6.07, 6.45) is 3.63. The number of nitrogens with zero attached hydrogens (tertiary/aromatic N) is 4. The van der Waals surface area contributed by atoms with E-state index in [1.54, 1.807) is 6.20 Å². The molecule has 2 aromatic rings. The number of hydrogen-bond donors (Lipinski definition) is 0. The molecule has 1 aliphatic rings. The Morgan fingerprint density at radius 2 is 2.00 bits per heavy atom. The van der Waals surface area contributed by atoms with Crippen molar-refractivity contribution in [3.05, 3.63) is 48.0 Å². The Morgan fingerprint density at radius 3 is 2.62 bits per heavy atom. The molecule has 0 N–H and O–H groups in total. The highest BCUT2D eigenvalue weighted by atomic mass is 16.5. The minimum absolute atomic E-state index is 0.0891. The monoisotopic (exact) mass is 328 g/mol. The van der Waals surface area contributed by atoms with E-state index < -0.39 is 0 Å². The standard InChI is InChI=1S/C18H24N4O2/c1-14-12-20(2)10-11-22(14)18(23)15-4-6-16(7-5-15)24-13-17-19-8-9-21(17)3/h4-9,14H,10-13H2,1-3H3. The summed E-state index contributed by atoms with van der Waals surface area (Å²) in [5.74, 6) is 1.69. The predicted molar refractivity (Wildman–Crippen MR) is 92.0 cm³/mol. The Hall–Kier alpha value is -2.34. The Labute approximate surface area is 142 Å². The van der Waals surface area contributed by atoms with Crippen LogP contribution in [0.3, 0.4) is 0 Å². The van der Waals surface area contributed by atoms with E-state index in [2.05, 4.69) is 23.9 Å². The van der Waals surface area contributed by atoms with Crippen molar-refractivity contribution in [1.29, 1.82) is 0 Å². The molecule has 0 saturated carbocycles. The van der Waals surface area contributed by atoms with Crippen molar-refractivity contribution in [2.75, 3.05) is 26.7 Å². The van der Waals surface area contributed by atoms with Crippen LogP contribution in [0.2, 0.25) is 0 Å². The van der Waals surface area contributed by atoms with Crippen LogP contribution < -0.4 is 4.74 Å². The number of carbonyl (C=O) groups excluding carboxylic acids is 1. The van der Waals surface area contributed by atoms with Gasteiger partial charge < -0.3 is 19.1 Å². The first-order chi connectivity index (χ1) is 11.5. The van der Waals surface area contributed by atoms with Crippen molar-refractivity contribution in [2.24, 2.45) is 7.05 Å². The number of carbonyl (C=O) groups is 1. The van der Waals surface area contributed by atoms with Crippen LogP contribution in [-0.2, 0) is 13.7 Å². The molecule has 1 aromatic carbocycles. The minimum atomic E-state index is 0.0891. The van der Waals surface area contributed by atoms with E-state index >= 15 is 0 Å². The Balaban J connectivity index is 1.61. The third-order valence-corrected chi connectivity index (χ3v) is 4.48. The highest BCUT2D eigenvalue weighted by Gasteiger charge is 2.26. The molecule has 3 rings (SSSR count). The van der Waals surface area contributed by atoms with Crippen molar-refractivity contribution in [1.82, 2.24) is 19.4 Å². The van der Waals surface area contributed by atoms with E-state index in [0.29, 0.717) is 12.2 Å². The number of imidazole rings is 1. The largest absolute Gasteiger partial charge is 0.486 e. The van der Waals surface area contributed by atoms with Gasteiger partial charge in [-0.2, -0.15) is 0 Å². The van der Waals surface area contributed by atoms with Gasteiger partial charge in [0.05, 0.1) is 0 Å². The van der Waals surface area contributed by atoms with Gasteiger partial charge in [0.2, 0.25) is 0 Å². The van der Waals surface area contributed by atoms with Gasteiger partial charge in [0, 0.05) is 50.7 Å². The number of ether oxygens (including phenoxy) is 1. The fraction of sp³-hybridized carbons (Fsp3) is 0.444. The van der Waals surface area contributed by atoms with E-state index in [9.17, 15) is 4.79 Å². The summed E-state index contributed by atoms with van der Waals surface area (Å²) >= 11 is 0. The number of hydrogen-bond acceptors (Lipinski definition) is 4. The molecule has 1 fully saturated rings. The lowest BCUT2D eigenvalue weighted by atomic mass is 10.1. The lowest BCUT2D eigenvalue weighted by molar-refractivity contribution is 0.0533. The van der Waals surface area contributed by atoms with Crippen LogP contribution in [0.25, 0.3) is 0 Å². The second-order valence-electron chi connectivity index (χ2n) is 6.38. The van der Waals surface area contributed by atoms with Crippen LogP contribution in [0.5, 0.6) is 5.75 Å². The zero-order valence-electron chi connectivity index (χ0n) is 14.5. The smallest absolute Gasteiger partial charge is 0.254 e. The van der Waals surface area contributed by atoms with Gasteiger partial charge in [-0.25, -0.2) is 4.98 Å². The second-order valence-corrected chi connectivity index (χ2v) is 6.38. The van der Waals surface area contributed by atoms with Gasteiger partial charge in [0.1, 0.15) is 18.2 Å². The fourth-order valence-corrected chi connectivity index (χ4v) is 2.98. The quantitative estimate of drug-likeness (QED) is 0.858.